The molecule has 2 aliphatic heterocycles. The van der Waals surface area contributed by atoms with E-state index in [1.54, 1.807) is 18.2 Å². The maximum Gasteiger partial charge on any atom is 0.239 e. The van der Waals surface area contributed by atoms with Gasteiger partial charge in [0.05, 0.1) is 6.04 Å². The number of hydrogen-bond donors (Lipinski definition) is 1. The second-order valence-electron chi connectivity index (χ2n) is 6.86. The van der Waals surface area contributed by atoms with Crippen LogP contribution in [0.3, 0.4) is 0 Å². The molecule has 1 saturated heterocycles. The molecule has 0 radical (unpaired) electrons. The topological polar surface area (TPSA) is 91.3 Å². The van der Waals surface area contributed by atoms with Crippen LogP contribution in [-0.2, 0) is 19.1 Å². The number of nitrogens with one attached hydrogen (secondary N) is 1. The molecule has 26 heavy (non-hydrogen) atoms. The average Bonchev–Trinajstić information content (AvgIpc) is 2.58. The third-order valence-electron chi connectivity index (χ3n) is 4.84. The van der Waals surface area contributed by atoms with Gasteiger partial charge in [0.15, 0.2) is 0 Å². The van der Waals surface area contributed by atoms with Gasteiger partial charge in [-0.3, -0.25) is 14.4 Å². The number of allylic oxidation sites excluding steroid dienone is 1. The van der Waals surface area contributed by atoms with Gasteiger partial charge in [0, 0.05) is 64.9 Å². The molecular formula is C18H28N4O4. The van der Waals surface area contributed by atoms with Gasteiger partial charge in [-0.05, 0) is 25.3 Å². The molecule has 1 N–H and O–H groups in total. The van der Waals surface area contributed by atoms with Gasteiger partial charge in [0.1, 0.15) is 0 Å². The highest BCUT2D eigenvalue weighted by Gasteiger charge is 2.28. The van der Waals surface area contributed by atoms with E-state index in [9.17, 15) is 14.4 Å². The van der Waals surface area contributed by atoms with Crippen LogP contribution in [0.5, 0.6) is 0 Å². The minimum Gasteiger partial charge on any atom is -0.381 e. The Morgan fingerprint density at radius 3 is 2.50 bits per heavy atom. The number of ether oxygens (including phenoxy) is 1. The summed E-state index contributed by atoms with van der Waals surface area (Å²) in [5, 5.41) is 8.75. The molecule has 0 aromatic heterocycles. The summed E-state index contributed by atoms with van der Waals surface area (Å²) in [6.45, 7) is 6.46. The lowest BCUT2D eigenvalue weighted by Crippen LogP contribution is -2.40. The summed E-state index contributed by atoms with van der Waals surface area (Å²) in [5.41, 5.74) is 1.67. The lowest BCUT2D eigenvalue weighted by molar-refractivity contribution is -0.133. The van der Waals surface area contributed by atoms with Crippen LogP contribution in [0.2, 0.25) is 0 Å². The normalized spacial score (nSPS) is 21.7. The largest absolute Gasteiger partial charge is 0.381 e. The van der Waals surface area contributed by atoms with Gasteiger partial charge >= 0.3 is 0 Å². The number of nitrogens with zero attached hydrogens (tertiary/aromatic N) is 3. The van der Waals surface area contributed by atoms with Gasteiger partial charge in [-0.15, -0.1) is 0 Å². The Hall–Kier alpha value is -2.22. The van der Waals surface area contributed by atoms with Crippen molar-refractivity contribution in [2.75, 3.05) is 26.8 Å². The Kier molecular flexibility index (Phi) is 6.90. The van der Waals surface area contributed by atoms with Crippen molar-refractivity contribution in [3.05, 3.63) is 11.3 Å². The maximum atomic E-state index is 12.0. The van der Waals surface area contributed by atoms with E-state index in [1.165, 1.54) is 18.9 Å². The van der Waals surface area contributed by atoms with Crippen molar-refractivity contribution in [2.45, 2.75) is 46.1 Å². The maximum absolute atomic E-state index is 12.0. The summed E-state index contributed by atoms with van der Waals surface area (Å²) >= 11 is 0. The van der Waals surface area contributed by atoms with Crippen LogP contribution in [0.4, 0.5) is 0 Å². The van der Waals surface area contributed by atoms with E-state index in [2.05, 4.69) is 10.4 Å². The molecule has 0 aromatic rings. The van der Waals surface area contributed by atoms with Crippen LogP contribution in [-0.4, -0.2) is 66.7 Å². The molecule has 0 aromatic carbocycles. The van der Waals surface area contributed by atoms with E-state index in [-0.39, 0.29) is 36.1 Å². The first kappa shape index (κ1) is 20.1. The second kappa shape index (κ2) is 8.93. The molecule has 8 heteroatoms. The quantitative estimate of drug-likeness (QED) is 0.579. The minimum absolute atomic E-state index is 0.0170. The molecule has 0 saturated carbocycles. The molecule has 2 aliphatic rings. The first-order valence-corrected chi connectivity index (χ1v) is 8.92. The third-order valence-corrected chi connectivity index (χ3v) is 4.84. The van der Waals surface area contributed by atoms with Crippen LogP contribution in [0.25, 0.3) is 0 Å². The van der Waals surface area contributed by atoms with Crippen molar-refractivity contribution in [1.29, 1.82) is 0 Å². The zero-order valence-electron chi connectivity index (χ0n) is 15.9. The van der Waals surface area contributed by atoms with E-state index in [0.29, 0.717) is 19.8 Å². The molecular weight excluding hydrogens is 336 g/mol. The number of likely N-dealkylation sites (N-methyl/N-ethyl adjacent to an activating group) is 1. The Bertz CT molecular complexity index is 623. The molecule has 3 amide bonds. The summed E-state index contributed by atoms with van der Waals surface area (Å²) in [5.74, 6) is -0.511. The molecule has 0 bridgehead atoms. The lowest BCUT2D eigenvalue weighted by atomic mass is 9.91. The minimum atomic E-state index is -0.243. The van der Waals surface area contributed by atoms with Crippen molar-refractivity contribution in [3.8, 4) is 0 Å². The molecule has 0 aliphatic carbocycles. The monoisotopic (exact) mass is 364 g/mol. The fourth-order valence-electron chi connectivity index (χ4n) is 3.20. The molecule has 1 fully saturated rings. The zero-order valence-corrected chi connectivity index (χ0v) is 15.9. The number of hydrazone groups is 1. The highest BCUT2D eigenvalue weighted by Crippen LogP contribution is 2.23. The van der Waals surface area contributed by atoms with Crippen molar-refractivity contribution in [2.24, 2.45) is 11.0 Å². The van der Waals surface area contributed by atoms with Gasteiger partial charge in [0.25, 0.3) is 0 Å². The molecule has 2 rings (SSSR count). The Morgan fingerprint density at radius 1 is 1.27 bits per heavy atom. The fraction of sp³-hybridized carbons (Fsp3) is 0.667. The van der Waals surface area contributed by atoms with E-state index >= 15 is 0 Å². The Labute approximate surface area is 154 Å². The molecule has 1 unspecified atom stereocenters. The van der Waals surface area contributed by atoms with Crippen LogP contribution < -0.4 is 5.32 Å². The summed E-state index contributed by atoms with van der Waals surface area (Å²) in [6.07, 6.45) is 3.41. The first-order chi connectivity index (χ1) is 12.3. The Balaban J connectivity index is 2.20. The average molecular weight is 364 g/mol. The van der Waals surface area contributed by atoms with E-state index < -0.39 is 0 Å². The summed E-state index contributed by atoms with van der Waals surface area (Å²) in [6, 6.07) is 0.0170. The van der Waals surface area contributed by atoms with Gasteiger partial charge in [0.2, 0.25) is 17.7 Å². The smallest absolute Gasteiger partial charge is 0.239 e. The van der Waals surface area contributed by atoms with Crippen LogP contribution in [0.15, 0.2) is 16.4 Å². The number of rotatable bonds is 5. The van der Waals surface area contributed by atoms with E-state index in [1.807, 2.05) is 6.92 Å². The molecule has 1 atom stereocenters. The summed E-state index contributed by atoms with van der Waals surface area (Å²) < 4.78 is 5.35. The highest BCUT2D eigenvalue weighted by molar-refractivity contribution is 5.86. The van der Waals surface area contributed by atoms with Crippen LogP contribution >= 0.6 is 0 Å². The lowest BCUT2D eigenvalue weighted by Gasteiger charge is -2.31. The number of carbonyl (C=O) groups excluding carboxylic acids is 3. The van der Waals surface area contributed by atoms with E-state index in [4.69, 9.17) is 4.74 Å². The molecule has 8 nitrogen and oxygen atoms in total. The predicted octanol–water partition coefficient (Wildman–Crippen LogP) is 0.888. The fourth-order valence-corrected chi connectivity index (χ4v) is 3.20. The Morgan fingerprint density at radius 2 is 1.92 bits per heavy atom. The van der Waals surface area contributed by atoms with Gasteiger partial charge < -0.3 is 15.0 Å². The van der Waals surface area contributed by atoms with Crippen molar-refractivity contribution in [3.63, 3.8) is 0 Å². The van der Waals surface area contributed by atoms with Crippen molar-refractivity contribution < 1.29 is 19.1 Å². The number of hydrogen-bond acceptors (Lipinski definition) is 5. The SMILES string of the molecule is CC(=O)N(C)CC1=C(C)NC(=O)CC1C=NN(C(C)=O)C1CCOCC1. The molecule has 2 heterocycles. The number of carbonyl (C=O) groups is 3. The number of amides is 3. The highest BCUT2D eigenvalue weighted by atomic mass is 16.5. The van der Waals surface area contributed by atoms with Gasteiger partial charge in [-0.25, -0.2) is 5.01 Å². The van der Waals surface area contributed by atoms with Crippen LogP contribution in [0.1, 0.15) is 40.0 Å². The van der Waals surface area contributed by atoms with Crippen molar-refractivity contribution in [1.82, 2.24) is 15.2 Å². The molecule has 144 valence electrons. The third kappa shape index (κ3) is 5.14. The summed E-state index contributed by atoms with van der Waals surface area (Å²) in [7, 11) is 1.72. The van der Waals surface area contributed by atoms with Crippen molar-refractivity contribution >= 4 is 23.9 Å². The van der Waals surface area contributed by atoms with E-state index in [0.717, 1.165) is 24.1 Å². The second-order valence-corrected chi connectivity index (χ2v) is 6.86. The predicted molar refractivity (Wildman–Crippen MR) is 97.1 cm³/mol. The van der Waals surface area contributed by atoms with Crippen LogP contribution in [0, 0.1) is 5.92 Å². The first-order valence-electron chi connectivity index (χ1n) is 8.92. The standard InChI is InChI=1S/C18H28N4O4/c1-12-17(11-21(4)13(2)23)15(9-18(25)20-12)10-19-22(14(3)24)16-5-7-26-8-6-16/h10,15-16H,5-9,11H2,1-4H3,(H,20,25). The van der Waals surface area contributed by atoms with Gasteiger partial charge in [-0.2, -0.15) is 5.10 Å². The summed E-state index contributed by atoms with van der Waals surface area (Å²) in [4.78, 5) is 37.1. The van der Waals surface area contributed by atoms with Gasteiger partial charge in [-0.1, -0.05) is 0 Å². The zero-order chi connectivity index (χ0) is 19.3. The molecule has 0 spiro atoms.